The summed E-state index contributed by atoms with van der Waals surface area (Å²) in [6, 6.07) is 8.32. The monoisotopic (exact) mass is 486 g/mol. The summed E-state index contributed by atoms with van der Waals surface area (Å²) >= 11 is 1.36. The number of carbonyl (C=O) groups excluding carboxylic acids is 1. The molecule has 1 aliphatic heterocycles. The fraction of sp³-hybridized carbons (Fsp3) is 0.350. The number of carbonyl (C=O) groups is 1. The standard InChI is InChI=1S/C20H23FN2O5S3/c1-29-19-7-5-14(30(2,25)26)12-16(19)20(24)23-10-8-22(9-11-23)18-6-4-15(13-17(18)21)31(3,27)28/h4-7,12-13H,8-11H2,1-3H3. The Morgan fingerprint density at radius 2 is 1.45 bits per heavy atom. The van der Waals surface area contributed by atoms with Crippen LogP contribution in [0.1, 0.15) is 10.4 Å². The number of piperazine rings is 1. The molecule has 1 amide bonds. The summed E-state index contributed by atoms with van der Waals surface area (Å²) in [5.74, 6) is -0.907. The molecule has 2 aromatic carbocycles. The van der Waals surface area contributed by atoms with E-state index < -0.39 is 25.5 Å². The predicted octanol–water partition coefficient (Wildman–Crippen LogP) is 2.32. The molecular formula is C20H23FN2O5S3. The van der Waals surface area contributed by atoms with Crippen molar-refractivity contribution < 1.29 is 26.0 Å². The van der Waals surface area contributed by atoms with Crippen LogP contribution in [-0.2, 0) is 19.7 Å². The number of hydrogen-bond acceptors (Lipinski definition) is 7. The van der Waals surface area contributed by atoms with E-state index >= 15 is 0 Å². The first-order chi connectivity index (χ1) is 14.4. The Morgan fingerprint density at radius 1 is 0.903 bits per heavy atom. The van der Waals surface area contributed by atoms with E-state index in [9.17, 15) is 26.0 Å². The third-order valence-corrected chi connectivity index (χ3v) is 8.10. The molecule has 2 aromatic rings. The molecule has 0 aromatic heterocycles. The van der Waals surface area contributed by atoms with Crippen LogP contribution in [0.4, 0.5) is 10.1 Å². The molecule has 0 radical (unpaired) electrons. The van der Waals surface area contributed by atoms with Gasteiger partial charge in [0, 0.05) is 43.6 Å². The number of benzene rings is 2. The van der Waals surface area contributed by atoms with Crippen molar-refractivity contribution in [3.05, 3.63) is 47.8 Å². The molecule has 1 saturated heterocycles. The zero-order valence-electron chi connectivity index (χ0n) is 17.3. The van der Waals surface area contributed by atoms with E-state index in [4.69, 9.17) is 0 Å². The van der Waals surface area contributed by atoms with Gasteiger partial charge in [0.05, 0.1) is 21.0 Å². The summed E-state index contributed by atoms with van der Waals surface area (Å²) in [5.41, 5.74) is 0.607. The van der Waals surface area contributed by atoms with Crippen molar-refractivity contribution in [2.75, 3.05) is 49.8 Å². The van der Waals surface area contributed by atoms with Gasteiger partial charge in [-0.2, -0.15) is 0 Å². The SMILES string of the molecule is CSc1ccc(S(C)(=O)=O)cc1C(=O)N1CCN(c2ccc(S(C)(=O)=O)cc2F)CC1. The molecule has 0 bridgehead atoms. The van der Waals surface area contributed by atoms with Crippen molar-refractivity contribution in [1.29, 1.82) is 0 Å². The molecule has 0 N–H and O–H groups in total. The van der Waals surface area contributed by atoms with Gasteiger partial charge in [0.15, 0.2) is 19.7 Å². The Bertz CT molecular complexity index is 1220. The van der Waals surface area contributed by atoms with E-state index in [0.29, 0.717) is 36.6 Å². The Hall–Kier alpha value is -2.11. The lowest BCUT2D eigenvalue weighted by Gasteiger charge is -2.36. The van der Waals surface area contributed by atoms with Crippen LogP contribution in [0.2, 0.25) is 0 Å². The largest absolute Gasteiger partial charge is 0.366 e. The molecule has 0 aliphatic carbocycles. The number of anilines is 1. The van der Waals surface area contributed by atoms with Gasteiger partial charge in [-0.1, -0.05) is 0 Å². The number of amides is 1. The summed E-state index contributed by atoms with van der Waals surface area (Å²) in [6.07, 6.45) is 3.93. The van der Waals surface area contributed by atoms with Crippen molar-refractivity contribution in [1.82, 2.24) is 4.90 Å². The van der Waals surface area contributed by atoms with Crippen molar-refractivity contribution in [2.24, 2.45) is 0 Å². The highest BCUT2D eigenvalue weighted by Crippen LogP contribution is 2.27. The number of nitrogens with zero attached hydrogens (tertiary/aromatic N) is 2. The van der Waals surface area contributed by atoms with Gasteiger partial charge in [-0.05, 0) is 42.7 Å². The molecule has 1 fully saturated rings. The quantitative estimate of drug-likeness (QED) is 0.599. The van der Waals surface area contributed by atoms with E-state index in [0.717, 1.165) is 18.6 Å². The minimum absolute atomic E-state index is 0.0836. The van der Waals surface area contributed by atoms with Crippen LogP contribution in [0.5, 0.6) is 0 Å². The number of rotatable bonds is 5. The molecule has 3 rings (SSSR count). The Labute approximate surface area is 186 Å². The van der Waals surface area contributed by atoms with Gasteiger partial charge in [-0.3, -0.25) is 4.79 Å². The zero-order chi connectivity index (χ0) is 23.0. The second kappa shape index (κ2) is 8.79. The number of thioether (sulfide) groups is 1. The summed E-state index contributed by atoms with van der Waals surface area (Å²) in [7, 11) is -6.95. The lowest BCUT2D eigenvalue weighted by Crippen LogP contribution is -2.49. The van der Waals surface area contributed by atoms with Gasteiger partial charge in [0.2, 0.25) is 0 Å². The predicted molar refractivity (Wildman–Crippen MR) is 119 cm³/mol. The average molecular weight is 487 g/mol. The summed E-state index contributed by atoms with van der Waals surface area (Å²) < 4.78 is 61.5. The Balaban J connectivity index is 1.78. The molecule has 0 unspecified atom stereocenters. The van der Waals surface area contributed by atoms with Crippen LogP contribution in [-0.4, -0.2) is 72.6 Å². The zero-order valence-corrected chi connectivity index (χ0v) is 19.8. The molecular weight excluding hydrogens is 463 g/mol. The molecule has 168 valence electrons. The number of halogens is 1. The lowest BCUT2D eigenvalue weighted by atomic mass is 10.1. The first-order valence-corrected chi connectivity index (χ1v) is 14.3. The van der Waals surface area contributed by atoms with Crippen LogP contribution in [0.25, 0.3) is 0 Å². The molecule has 0 atom stereocenters. The van der Waals surface area contributed by atoms with Crippen molar-refractivity contribution in [3.63, 3.8) is 0 Å². The van der Waals surface area contributed by atoms with Crippen LogP contribution in [0.3, 0.4) is 0 Å². The van der Waals surface area contributed by atoms with Gasteiger partial charge in [0.25, 0.3) is 5.91 Å². The normalized spacial score (nSPS) is 15.2. The fourth-order valence-electron chi connectivity index (χ4n) is 3.38. The maximum atomic E-state index is 14.5. The number of hydrogen-bond donors (Lipinski definition) is 0. The van der Waals surface area contributed by atoms with Crippen molar-refractivity contribution in [2.45, 2.75) is 14.7 Å². The van der Waals surface area contributed by atoms with Crippen molar-refractivity contribution >= 4 is 43.0 Å². The van der Waals surface area contributed by atoms with Gasteiger partial charge < -0.3 is 9.80 Å². The van der Waals surface area contributed by atoms with E-state index in [-0.39, 0.29) is 21.4 Å². The minimum atomic E-state index is -3.50. The minimum Gasteiger partial charge on any atom is -0.366 e. The average Bonchev–Trinajstić information content (AvgIpc) is 2.71. The van der Waals surface area contributed by atoms with Gasteiger partial charge in [-0.25, -0.2) is 21.2 Å². The molecule has 1 aliphatic rings. The summed E-state index contributed by atoms with van der Waals surface area (Å²) in [5, 5.41) is 0. The molecule has 1 heterocycles. The van der Waals surface area contributed by atoms with Gasteiger partial charge >= 0.3 is 0 Å². The molecule has 31 heavy (non-hydrogen) atoms. The van der Waals surface area contributed by atoms with Crippen LogP contribution in [0, 0.1) is 5.82 Å². The van der Waals surface area contributed by atoms with E-state index in [2.05, 4.69) is 0 Å². The molecule has 11 heteroatoms. The Kier molecular flexibility index (Phi) is 6.68. The third-order valence-electron chi connectivity index (χ3n) is 5.08. The Morgan fingerprint density at radius 3 is 1.97 bits per heavy atom. The molecule has 0 spiro atoms. The fourth-order valence-corrected chi connectivity index (χ4v) is 5.23. The van der Waals surface area contributed by atoms with Crippen LogP contribution < -0.4 is 4.90 Å². The highest BCUT2D eigenvalue weighted by atomic mass is 32.2. The smallest absolute Gasteiger partial charge is 0.255 e. The highest BCUT2D eigenvalue weighted by Gasteiger charge is 2.26. The first-order valence-electron chi connectivity index (χ1n) is 9.34. The maximum absolute atomic E-state index is 14.5. The van der Waals surface area contributed by atoms with E-state index in [1.807, 2.05) is 6.26 Å². The van der Waals surface area contributed by atoms with Crippen LogP contribution in [0.15, 0.2) is 51.1 Å². The van der Waals surface area contributed by atoms with Crippen molar-refractivity contribution in [3.8, 4) is 0 Å². The summed E-state index contributed by atoms with van der Waals surface area (Å²) in [6.45, 7) is 1.37. The maximum Gasteiger partial charge on any atom is 0.255 e. The van der Waals surface area contributed by atoms with E-state index in [1.165, 1.54) is 36.0 Å². The second-order valence-corrected chi connectivity index (χ2v) is 12.2. The molecule has 7 nitrogen and oxygen atoms in total. The molecule has 0 saturated carbocycles. The van der Waals surface area contributed by atoms with Gasteiger partial charge in [0.1, 0.15) is 5.82 Å². The second-order valence-electron chi connectivity index (χ2n) is 7.30. The summed E-state index contributed by atoms with van der Waals surface area (Å²) in [4.78, 5) is 17.1. The highest BCUT2D eigenvalue weighted by molar-refractivity contribution is 7.98. The third kappa shape index (κ3) is 5.21. The van der Waals surface area contributed by atoms with Gasteiger partial charge in [-0.15, -0.1) is 11.8 Å². The van der Waals surface area contributed by atoms with E-state index in [1.54, 1.807) is 15.9 Å². The lowest BCUT2D eigenvalue weighted by molar-refractivity contribution is 0.0743. The topological polar surface area (TPSA) is 91.8 Å². The van der Waals surface area contributed by atoms with Crippen LogP contribution >= 0.6 is 11.8 Å². The number of sulfone groups is 2. The first kappa shape index (κ1) is 23.6.